The van der Waals surface area contributed by atoms with E-state index in [9.17, 15) is 14.3 Å². The molecule has 2 aliphatic carbocycles. The Morgan fingerprint density at radius 3 is 2.71 bits per heavy atom. The number of hydrogen-bond donors (Lipinski definition) is 2. The minimum Gasteiger partial charge on any atom is -0.488 e. The third kappa shape index (κ3) is 3.02. The predicted molar refractivity (Wildman–Crippen MR) is 75.9 cm³/mol. The van der Waals surface area contributed by atoms with Gasteiger partial charge in [-0.15, -0.1) is 0 Å². The van der Waals surface area contributed by atoms with E-state index in [2.05, 4.69) is 5.32 Å². The first-order chi connectivity index (χ1) is 10.0. The smallest absolute Gasteiger partial charge is 0.327 e. The van der Waals surface area contributed by atoms with E-state index in [4.69, 9.17) is 4.74 Å². The zero-order valence-electron chi connectivity index (χ0n) is 12.1. The van der Waals surface area contributed by atoms with Crippen LogP contribution in [0.1, 0.15) is 31.2 Å². The fourth-order valence-corrected chi connectivity index (χ4v) is 2.66. The average Bonchev–Trinajstić information content (AvgIpc) is 3.30. The number of halogens is 1. The van der Waals surface area contributed by atoms with Crippen molar-refractivity contribution in [3.8, 4) is 5.75 Å². The van der Waals surface area contributed by atoms with E-state index in [0.29, 0.717) is 0 Å². The maximum absolute atomic E-state index is 13.7. The van der Waals surface area contributed by atoms with Crippen LogP contribution >= 0.6 is 0 Å². The Kier molecular flexibility index (Phi) is 3.61. The number of nitrogens with one attached hydrogen (secondary N) is 1. The lowest BCUT2D eigenvalue weighted by molar-refractivity contribution is -0.147. The molecule has 1 atom stereocenters. The van der Waals surface area contributed by atoms with Gasteiger partial charge in [0.05, 0.1) is 0 Å². The first kappa shape index (κ1) is 14.3. The van der Waals surface area contributed by atoms with Crippen LogP contribution in [0.15, 0.2) is 18.2 Å². The summed E-state index contributed by atoms with van der Waals surface area (Å²) in [4.78, 5) is 11.8. The molecule has 0 amide bonds. The Bertz CT molecular complexity index is 554. The van der Waals surface area contributed by atoms with Crippen LogP contribution in [0.25, 0.3) is 0 Å². The van der Waals surface area contributed by atoms with E-state index in [1.807, 2.05) is 6.92 Å². The summed E-state index contributed by atoms with van der Waals surface area (Å²) >= 11 is 0. The maximum atomic E-state index is 13.7. The standard InChI is InChI=1S/C16H20FNO3/c1-10-2-7-13(17)14(8-10)21-9-16(15(19)20,11-3-4-11)18-12-5-6-12/h2,7-8,11-12,18H,3-6,9H2,1H3,(H,19,20). The van der Waals surface area contributed by atoms with Gasteiger partial charge in [-0.25, -0.2) is 4.39 Å². The molecule has 0 aromatic heterocycles. The molecule has 2 N–H and O–H groups in total. The topological polar surface area (TPSA) is 58.6 Å². The summed E-state index contributed by atoms with van der Waals surface area (Å²) in [6.07, 6.45) is 3.76. The summed E-state index contributed by atoms with van der Waals surface area (Å²) in [6, 6.07) is 4.87. The van der Waals surface area contributed by atoms with Gasteiger partial charge in [0.1, 0.15) is 6.61 Å². The van der Waals surface area contributed by atoms with Crippen LogP contribution in [0.4, 0.5) is 4.39 Å². The van der Waals surface area contributed by atoms with E-state index in [1.54, 1.807) is 12.1 Å². The molecule has 1 aromatic rings. The molecular weight excluding hydrogens is 273 g/mol. The Morgan fingerprint density at radius 1 is 1.43 bits per heavy atom. The Balaban J connectivity index is 1.77. The molecule has 1 unspecified atom stereocenters. The van der Waals surface area contributed by atoms with Crippen molar-refractivity contribution in [2.24, 2.45) is 5.92 Å². The second kappa shape index (κ2) is 5.30. The summed E-state index contributed by atoms with van der Waals surface area (Å²) in [5.41, 5.74) is -0.203. The second-order valence-corrected chi connectivity index (χ2v) is 6.19. The highest BCUT2D eigenvalue weighted by Gasteiger charge is 2.54. The van der Waals surface area contributed by atoms with Crippen molar-refractivity contribution in [2.75, 3.05) is 6.61 Å². The number of carboxylic acids is 1. The van der Waals surface area contributed by atoms with Gasteiger partial charge in [0.2, 0.25) is 0 Å². The zero-order chi connectivity index (χ0) is 15.0. The molecule has 21 heavy (non-hydrogen) atoms. The van der Waals surface area contributed by atoms with Gasteiger partial charge in [0, 0.05) is 6.04 Å². The minimum atomic E-state index is -1.09. The third-order valence-electron chi connectivity index (χ3n) is 4.24. The molecule has 0 bridgehead atoms. The SMILES string of the molecule is Cc1ccc(F)c(OCC(NC2CC2)(C(=O)O)C2CC2)c1. The Hall–Kier alpha value is -1.62. The van der Waals surface area contributed by atoms with Gasteiger partial charge in [-0.3, -0.25) is 10.1 Å². The quantitative estimate of drug-likeness (QED) is 0.811. The summed E-state index contributed by atoms with van der Waals surface area (Å²) in [6.45, 7) is 1.81. The van der Waals surface area contributed by atoms with Gasteiger partial charge < -0.3 is 9.84 Å². The molecular formula is C16H20FNO3. The number of ether oxygens (including phenoxy) is 1. The van der Waals surface area contributed by atoms with Gasteiger partial charge in [0.25, 0.3) is 0 Å². The van der Waals surface area contributed by atoms with Gasteiger partial charge in [0.15, 0.2) is 17.1 Å². The molecule has 0 aliphatic heterocycles. The van der Waals surface area contributed by atoms with Crippen LogP contribution in [0.2, 0.25) is 0 Å². The molecule has 0 spiro atoms. The fraction of sp³-hybridized carbons (Fsp3) is 0.562. The molecule has 2 aliphatic rings. The number of carboxylic acid groups (broad SMARTS) is 1. The Morgan fingerprint density at radius 2 is 2.14 bits per heavy atom. The van der Waals surface area contributed by atoms with Crippen LogP contribution in [0.3, 0.4) is 0 Å². The largest absolute Gasteiger partial charge is 0.488 e. The van der Waals surface area contributed by atoms with Crippen molar-refractivity contribution >= 4 is 5.97 Å². The van der Waals surface area contributed by atoms with Crippen LogP contribution < -0.4 is 10.1 Å². The van der Waals surface area contributed by atoms with E-state index in [1.165, 1.54) is 6.07 Å². The van der Waals surface area contributed by atoms with E-state index in [-0.39, 0.29) is 24.3 Å². The van der Waals surface area contributed by atoms with Crippen molar-refractivity contribution < 1.29 is 19.0 Å². The average molecular weight is 293 g/mol. The van der Waals surface area contributed by atoms with Crippen LogP contribution in [0.5, 0.6) is 5.75 Å². The summed E-state index contributed by atoms with van der Waals surface area (Å²) in [5.74, 6) is -1.16. The normalized spacial score (nSPS) is 20.9. The number of carbonyl (C=O) groups is 1. The lowest BCUT2D eigenvalue weighted by Crippen LogP contribution is -2.59. The van der Waals surface area contributed by atoms with Gasteiger partial charge >= 0.3 is 5.97 Å². The lowest BCUT2D eigenvalue weighted by Gasteiger charge is -2.31. The monoisotopic (exact) mass is 293 g/mol. The number of benzene rings is 1. The van der Waals surface area contributed by atoms with Crippen LogP contribution in [-0.4, -0.2) is 29.3 Å². The highest BCUT2D eigenvalue weighted by Crippen LogP contribution is 2.42. The first-order valence-electron chi connectivity index (χ1n) is 7.41. The van der Waals surface area contributed by atoms with Gasteiger partial charge in [-0.2, -0.15) is 0 Å². The molecule has 4 nitrogen and oxygen atoms in total. The van der Waals surface area contributed by atoms with Crippen LogP contribution in [0, 0.1) is 18.7 Å². The van der Waals surface area contributed by atoms with Crippen molar-refractivity contribution in [3.05, 3.63) is 29.6 Å². The highest BCUT2D eigenvalue weighted by atomic mass is 19.1. The van der Waals surface area contributed by atoms with E-state index in [0.717, 1.165) is 31.2 Å². The van der Waals surface area contributed by atoms with Crippen molar-refractivity contribution in [1.29, 1.82) is 0 Å². The molecule has 0 heterocycles. The second-order valence-electron chi connectivity index (χ2n) is 6.19. The molecule has 2 saturated carbocycles. The maximum Gasteiger partial charge on any atom is 0.327 e. The van der Waals surface area contributed by atoms with Crippen molar-refractivity contribution in [1.82, 2.24) is 5.32 Å². The molecule has 2 fully saturated rings. The zero-order valence-corrected chi connectivity index (χ0v) is 12.1. The molecule has 3 rings (SSSR count). The summed E-state index contributed by atoms with van der Waals surface area (Å²) < 4.78 is 19.3. The van der Waals surface area contributed by atoms with E-state index < -0.39 is 17.3 Å². The lowest BCUT2D eigenvalue weighted by atomic mass is 9.94. The summed E-state index contributed by atoms with van der Waals surface area (Å²) in [5, 5.41) is 12.9. The fourth-order valence-electron chi connectivity index (χ4n) is 2.66. The Labute approximate surface area is 123 Å². The molecule has 1 aromatic carbocycles. The van der Waals surface area contributed by atoms with Gasteiger partial charge in [-0.1, -0.05) is 6.07 Å². The number of hydrogen-bond acceptors (Lipinski definition) is 3. The molecule has 0 radical (unpaired) electrons. The summed E-state index contributed by atoms with van der Waals surface area (Å²) in [7, 11) is 0. The first-order valence-corrected chi connectivity index (χ1v) is 7.41. The number of aryl methyl sites for hydroxylation is 1. The molecule has 114 valence electrons. The predicted octanol–water partition coefficient (Wildman–Crippen LogP) is 2.50. The number of rotatable bonds is 7. The number of aliphatic carboxylic acids is 1. The van der Waals surface area contributed by atoms with E-state index >= 15 is 0 Å². The molecule has 0 saturated heterocycles. The highest BCUT2D eigenvalue weighted by molar-refractivity contribution is 5.80. The molecule has 5 heteroatoms. The van der Waals surface area contributed by atoms with Gasteiger partial charge in [-0.05, 0) is 56.2 Å². The van der Waals surface area contributed by atoms with Crippen molar-refractivity contribution in [3.63, 3.8) is 0 Å². The van der Waals surface area contributed by atoms with Crippen molar-refractivity contribution in [2.45, 2.75) is 44.2 Å². The van der Waals surface area contributed by atoms with Crippen LogP contribution in [-0.2, 0) is 4.79 Å². The third-order valence-corrected chi connectivity index (χ3v) is 4.24. The minimum absolute atomic E-state index is 0.0378.